The lowest BCUT2D eigenvalue weighted by Gasteiger charge is -2.12. The molecule has 0 amide bonds. The van der Waals surface area contributed by atoms with Crippen molar-refractivity contribution in [1.82, 2.24) is 0 Å². The van der Waals surface area contributed by atoms with Crippen molar-refractivity contribution < 1.29 is 19.4 Å². The zero-order valence-electron chi connectivity index (χ0n) is 9.77. The third-order valence-electron chi connectivity index (χ3n) is 2.16. The molecule has 0 bridgehead atoms. The second-order valence-electron chi connectivity index (χ2n) is 3.40. The van der Waals surface area contributed by atoms with Gasteiger partial charge in [-0.2, -0.15) is 5.26 Å². The Kier molecular flexibility index (Phi) is 5.28. The molecule has 96 valence electrons. The highest BCUT2D eigenvalue weighted by atomic mass is 35.5. The van der Waals surface area contributed by atoms with Crippen LogP contribution in [0.1, 0.15) is 23.2 Å². The van der Waals surface area contributed by atoms with Crippen molar-refractivity contribution in [2.75, 3.05) is 13.7 Å². The van der Waals surface area contributed by atoms with Gasteiger partial charge in [0.2, 0.25) is 0 Å². The number of rotatable bonds is 6. The Bertz CT molecular complexity index is 482. The Hall–Kier alpha value is -1.93. The van der Waals surface area contributed by atoms with Crippen LogP contribution >= 0.6 is 11.6 Å². The molecule has 18 heavy (non-hydrogen) atoms. The van der Waals surface area contributed by atoms with Crippen LogP contribution in [0.25, 0.3) is 0 Å². The van der Waals surface area contributed by atoms with Crippen LogP contribution in [0.15, 0.2) is 12.1 Å². The third-order valence-corrected chi connectivity index (χ3v) is 2.44. The van der Waals surface area contributed by atoms with Gasteiger partial charge < -0.3 is 14.6 Å². The number of carbonyl (C=O) groups is 1. The van der Waals surface area contributed by atoms with Crippen LogP contribution in [0.3, 0.4) is 0 Å². The van der Waals surface area contributed by atoms with E-state index in [0.29, 0.717) is 25.2 Å². The zero-order valence-corrected chi connectivity index (χ0v) is 10.5. The summed E-state index contributed by atoms with van der Waals surface area (Å²) in [6.45, 7) is 0.316. The number of methoxy groups -OCH3 is 1. The molecule has 1 aromatic rings. The summed E-state index contributed by atoms with van der Waals surface area (Å²) in [6.07, 6.45) is 0.948. The van der Waals surface area contributed by atoms with Gasteiger partial charge in [-0.25, -0.2) is 4.79 Å². The van der Waals surface area contributed by atoms with E-state index < -0.39 is 5.97 Å². The maximum Gasteiger partial charge on any atom is 0.335 e. The van der Waals surface area contributed by atoms with Crippen molar-refractivity contribution in [2.24, 2.45) is 0 Å². The molecule has 0 heterocycles. The average Bonchev–Trinajstić information content (AvgIpc) is 2.35. The molecule has 0 aliphatic heterocycles. The van der Waals surface area contributed by atoms with E-state index in [-0.39, 0.29) is 16.3 Å². The summed E-state index contributed by atoms with van der Waals surface area (Å²) < 4.78 is 10.4. The van der Waals surface area contributed by atoms with Crippen molar-refractivity contribution in [2.45, 2.75) is 12.8 Å². The molecule has 0 saturated carbocycles. The Morgan fingerprint density at radius 3 is 2.83 bits per heavy atom. The number of hydrogen-bond acceptors (Lipinski definition) is 4. The molecule has 5 nitrogen and oxygen atoms in total. The minimum absolute atomic E-state index is 0.0289. The van der Waals surface area contributed by atoms with Crippen molar-refractivity contribution in [3.63, 3.8) is 0 Å². The Balaban J connectivity index is 2.90. The van der Waals surface area contributed by atoms with Crippen LogP contribution in [0.2, 0.25) is 5.02 Å². The SMILES string of the molecule is COc1cc(C(=O)O)cc(Cl)c1OCCCC#N. The summed E-state index contributed by atoms with van der Waals surface area (Å²) in [7, 11) is 1.40. The number of nitrogens with zero attached hydrogens (tertiary/aromatic N) is 1. The largest absolute Gasteiger partial charge is 0.493 e. The molecule has 0 unspecified atom stereocenters. The lowest BCUT2D eigenvalue weighted by Crippen LogP contribution is -2.03. The van der Waals surface area contributed by atoms with E-state index in [2.05, 4.69) is 0 Å². The molecule has 0 saturated heterocycles. The number of nitriles is 1. The van der Waals surface area contributed by atoms with E-state index in [9.17, 15) is 4.79 Å². The molecule has 0 radical (unpaired) electrons. The maximum atomic E-state index is 10.8. The van der Waals surface area contributed by atoms with E-state index >= 15 is 0 Å². The quantitative estimate of drug-likeness (QED) is 0.803. The molecular weight excluding hydrogens is 258 g/mol. The van der Waals surface area contributed by atoms with Crippen molar-refractivity contribution >= 4 is 17.6 Å². The summed E-state index contributed by atoms with van der Waals surface area (Å²) in [4.78, 5) is 10.8. The van der Waals surface area contributed by atoms with Crippen molar-refractivity contribution in [3.8, 4) is 17.6 Å². The van der Waals surface area contributed by atoms with Gasteiger partial charge >= 0.3 is 5.97 Å². The molecule has 6 heteroatoms. The highest BCUT2D eigenvalue weighted by molar-refractivity contribution is 6.32. The van der Waals surface area contributed by atoms with Crippen LogP contribution in [0.5, 0.6) is 11.5 Å². The summed E-state index contributed by atoms with van der Waals surface area (Å²) in [5.41, 5.74) is 0.0289. The number of aromatic carboxylic acids is 1. The first kappa shape index (κ1) is 14.1. The summed E-state index contributed by atoms with van der Waals surface area (Å²) in [5, 5.41) is 17.4. The predicted molar refractivity (Wildman–Crippen MR) is 65.3 cm³/mol. The van der Waals surface area contributed by atoms with E-state index in [1.54, 1.807) is 0 Å². The van der Waals surface area contributed by atoms with Gasteiger partial charge in [0.05, 0.1) is 30.4 Å². The first-order valence-electron chi connectivity index (χ1n) is 5.20. The fourth-order valence-corrected chi connectivity index (χ4v) is 1.57. The van der Waals surface area contributed by atoms with Crippen LogP contribution in [0.4, 0.5) is 0 Å². The van der Waals surface area contributed by atoms with Gasteiger partial charge in [0.25, 0.3) is 0 Å². The molecule has 0 fully saturated rings. The highest BCUT2D eigenvalue weighted by Crippen LogP contribution is 2.36. The highest BCUT2D eigenvalue weighted by Gasteiger charge is 2.15. The minimum atomic E-state index is -1.09. The van der Waals surface area contributed by atoms with Gasteiger partial charge in [-0.3, -0.25) is 0 Å². The Morgan fingerprint density at radius 1 is 1.56 bits per heavy atom. The first-order chi connectivity index (χ1) is 8.60. The summed E-state index contributed by atoms with van der Waals surface area (Å²) in [6, 6.07) is 4.64. The number of hydrogen-bond donors (Lipinski definition) is 1. The zero-order chi connectivity index (χ0) is 13.5. The molecular formula is C12H12ClNO4. The minimum Gasteiger partial charge on any atom is -0.493 e. The average molecular weight is 270 g/mol. The van der Waals surface area contributed by atoms with Gasteiger partial charge in [-0.05, 0) is 18.6 Å². The number of benzene rings is 1. The van der Waals surface area contributed by atoms with Gasteiger partial charge in [0.15, 0.2) is 11.5 Å². The van der Waals surface area contributed by atoms with Crippen LogP contribution in [-0.4, -0.2) is 24.8 Å². The monoisotopic (exact) mass is 269 g/mol. The predicted octanol–water partition coefficient (Wildman–Crippen LogP) is 2.73. The lowest BCUT2D eigenvalue weighted by atomic mass is 10.2. The fraction of sp³-hybridized carbons (Fsp3) is 0.333. The fourth-order valence-electron chi connectivity index (χ4n) is 1.31. The standard InChI is InChI=1S/C12H12ClNO4/c1-17-10-7-8(12(15)16)6-9(13)11(10)18-5-3-2-4-14/h6-7H,2-3,5H2,1H3,(H,15,16). The number of halogens is 1. The van der Waals surface area contributed by atoms with Crippen LogP contribution in [-0.2, 0) is 0 Å². The van der Waals surface area contributed by atoms with Gasteiger partial charge in [-0.1, -0.05) is 11.6 Å². The summed E-state index contributed by atoms with van der Waals surface area (Å²) >= 11 is 5.94. The normalized spacial score (nSPS) is 9.61. The Labute approximate surface area is 109 Å². The number of carboxylic acids is 1. The second kappa shape index (κ2) is 6.72. The van der Waals surface area contributed by atoms with E-state index in [0.717, 1.165) is 0 Å². The van der Waals surface area contributed by atoms with E-state index in [1.165, 1.54) is 19.2 Å². The third kappa shape index (κ3) is 3.54. The molecule has 0 aliphatic rings. The molecule has 1 aromatic carbocycles. The number of ether oxygens (including phenoxy) is 2. The van der Waals surface area contributed by atoms with Gasteiger partial charge in [0.1, 0.15) is 0 Å². The Morgan fingerprint density at radius 2 is 2.28 bits per heavy atom. The van der Waals surface area contributed by atoms with Crippen molar-refractivity contribution in [3.05, 3.63) is 22.7 Å². The molecule has 0 aliphatic carbocycles. The lowest BCUT2D eigenvalue weighted by molar-refractivity contribution is 0.0696. The molecule has 0 aromatic heterocycles. The van der Waals surface area contributed by atoms with Crippen LogP contribution in [0, 0.1) is 11.3 Å². The number of unbranched alkanes of at least 4 members (excludes halogenated alkanes) is 1. The molecule has 1 N–H and O–H groups in total. The van der Waals surface area contributed by atoms with E-state index in [1.807, 2.05) is 6.07 Å². The second-order valence-corrected chi connectivity index (χ2v) is 3.81. The van der Waals surface area contributed by atoms with Gasteiger partial charge in [-0.15, -0.1) is 0 Å². The van der Waals surface area contributed by atoms with E-state index in [4.69, 9.17) is 31.4 Å². The molecule has 1 rings (SSSR count). The molecule has 0 spiro atoms. The summed E-state index contributed by atoms with van der Waals surface area (Å²) in [5.74, 6) is -0.537. The maximum absolute atomic E-state index is 10.8. The molecule has 0 atom stereocenters. The van der Waals surface area contributed by atoms with Gasteiger partial charge in [0, 0.05) is 6.42 Å². The topological polar surface area (TPSA) is 79.6 Å². The van der Waals surface area contributed by atoms with Crippen molar-refractivity contribution in [1.29, 1.82) is 5.26 Å². The number of carboxylic acid groups (broad SMARTS) is 1. The van der Waals surface area contributed by atoms with Crippen LogP contribution < -0.4 is 9.47 Å². The smallest absolute Gasteiger partial charge is 0.335 e. The first-order valence-corrected chi connectivity index (χ1v) is 5.58.